The van der Waals surface area contributed by atoms with Crippen LogP contribution >= 0.6 is 0 Å². The molecule has 0 radical (unpaired) electrons. The Kier molecular flexibility index (Phi) is 5.92. The first-order valence-electron chi connectivity index (χ1n) is 4.81. The summed E-state index contributed by atoms with van der Waals surface area (Å²) in [5.41, 5.74) is 0. The van der Waals surface area contributed by atoms with E-state index in [2.05, 4.69) is 10.1 Å². The normalized spacial score (nSPS) is 12.4. The van der Waals surface area contributed by atoms with Gasteiger partial charge >= 0.3 is 5.97 Å². The summed E-state index contributed by atoms with van der Waals surface area (Å²) in [5.74, 6) is -0.259. The van der Waals surface area contributed by atoms with Crippen molar-refractivity contribution in [1.82, 2.24) is 5.32 Å². The lowest BCUT2D eigenvalue weighted by Crippen LogP contribution is -2.32. The minimum Gasteiger partial charge on any atom is -0.469 e. The fraction of sp³-hybridized carbons (Fsp3) is 0.800. The average Bonchev–Trinajstić information content (AvgIpc) is 2.11. The Morgan fingerprint density at radius 2 is 1.86 bits per heavy atom. The van der Waals surface area contributed by atoms with Crippen molar-refractivity contribution < 1.29 is 14.3 Å². The summed E-state index contributed by atoms with van der Waals surface area (Å²) in [6.07, 6.45) is 0.494. The van der Waals surface area contributed by atoms with E-state index in [-0.39, 0.29) is 17.8 Å². The lowest BCUT2D eigenvalue weighted by atomic mass is 10.1. The zero-order valence-corrected chi connectivity index (χ0v) is 9.29. The average molecular weight is 201 g/mol. The monoisotopic (exact) mass is 201 g/mol. The van der Waals surface area contributed by atoms with E-state index in [4.69, 9.17) is 0 Å². The fourth-order valence-electron chi connectivity index (χ4n) is 0.994. The highest BCUT2D eigenvalue weighted by Crippen LogP contribution is 2.00. The van der Waals surface area contributed by atoms with Crippen molar-refractivity contribution in [3.8, 4) is 0 Å². The Balaban J connectivity index is 3.71. The van der Waals surface area contributed by atoms with E-state index in [0.717, 1.165) is 0 Å². The molecule has 0 saturated heterocycles. The molecule has 0 saturated carbocycles. The Hall–Kier alpha value is -1.06. The third kappa shape index (κ3) is 5.56. The molecule has 0 aliphatic carbocycles. The van der Waals surface area contributed by atoms with Crippen molar-refractivity contribution in [2.45, 2.75) is 27.2 Å². The predicted octanol–water partition coefficient (Wildman–Crippen LogP) is 0.958. The van der Waals surface area contributed by atoms with Gasteiger partial charge in [-0.05, 0) is 5.92 Å². The summed E-state index contributed by atoms with van der Waals surface area (Å²) in [6, 6.07) is 0. The summed E-state index contributed by atoms with van der Waals surface area (Å²) in [7, 11) is 1.34. The summed E-state index contributed by atoms with van der Waals surface area (Å²) < 4.78 is 4.54. The van der Waals surface area contributed by atoms with Gasteiger partial charge in [-0.2, -0.15) is 0 Å². The summed E-state index contributed by atoms with van der Waals surface area (Å²) in [6.45, 7) is 6.02. The zero-order valence-electron chi connectivity index (χ0n) is 9.29. The van der Waals surface area contributed by atoms with Crippen LogP contribution in [0.5, 0.6) is 0 Å². The first kappa shape index (κ1) is 12.9. The number of carbonyl (C=O) groups is 2. The van der Waals surface area contributed by atoms with Crippen LogP contribution in [-0.2, 0) is 14.3 Å². The van der Waals surface area contributed by atoms with Crippen LogP contribution in [0.15, 0.2) is 0 Å². The minimum absolute atomic E-state index is 0.0178. The number of esters is 1. The summed E-state index contributed by atoms with van der Waals surface area (Å²) >= 11 is 0. The van der Waals surface area contributed by atoms with Crippen molar-refractivity contribution in [1.29, 1.82) is 0 Å². The van der Waals surface area contributed by atoms with E-state index in [1.807, 2.05) is 13.8 Å². The number of methoxy groups -OCH3 is 1. The van der Waals surface area contributed by atoms with E-state index < -0.39 is 0 Å². The van der Waals surface area contributed by atoms with Gasteiger partial charge in [0, 0.05) is 13.0 Å². The molecule has 0 aliphatic rings. The smallest absolute Gasteiger partial charge is 0.310 e. The van der Waals surface area contributed by atoms with Crippen molar-refractivity contribution in [3.05, 3.63) is 0 Å². The van der Waals surface area contributed by atoms with Crippen LogP contribution in [0.25, 0.3) is 0 Å². The highest BCUT2D eigenvalue weighted by atomic mass is 16.5. The molecule has 82 valence electrons. The second kappa shape index (κ2) is 6.40. The second-order valence-corrected chi connectivity index (χ2v) is 3.83. The van der Waals surface area contributed by atoms with E-state index in [1.54, 1.807) is 6.92 Å². The van der Waals surface area contributed by atoms with Crippen LogP contribution in [0.2, 0.25) is 0 Å². The van der Waals surface area contributed by atoms with E-state index in [9.17, 15) is 9.59 Å². The predicted molar refractivity (Wildman–Crippen MR) is 53.6 cm³/mol. The van der Waals surface area contributed by atoms with Gasteiger partial charge in [0.05, 0.1) is 13.0 Å². The van der Waals surface area contributed by atoms with Gasteiger partial charge in [0.1, 0.15) is 0 Å². The second-order valence-electron chi connectivity index (χ2n) is 3.83. The van der Waals surface area contributed by atoms with Crippen LogP contribution < -0.4 is 5.32 Å². The molecular weight excluding hydrogens is 182 g/mol. The fourth-order valence-corrected chi connectivity index (χ4v) is 0.994. The maximum absolute atomic E-state index is 11.2. The Bertz CT molecular complexity index is 202. The maximum atomic E-state index is 11.2. The number of carbonyl (C=O) groups excluding carboxylic acids is 2. The molecule has 0 heterocycles. The minimum atomic E-state index is -0.296. The van der Waals surface area contributed by atoms with Gasteiger partial charge < -0.3 is 10.1 Å². The van der Waals surface area contributed by atoms with Crippen molar-refractivity contribution in [2.24, 2.45) is 11.8 Å². The molecule has 1 atom stereocenters. The summed E-state index contributed by atoms with van der Waals surface area (Å²) in [4.78, 5) is 22.2. The van der Waals surface area contributed by atoms with Gasteiger partial charge in [0.15, 0.2) is 0 Å². The molecule has 0 aromatic heterocycles. The highest BCUT2D eigenvalue weighted by molar-refractivity contribution is 5.77. The van der Waals surface area contributed by atoms with Crippen molar-refractivity contribution in [2.75, 3.05) is 13.7 Å². The molecule has 4 heteroatoms. The van der Waals surface area contributed by atoms with Crippen LogP contribution in [0.1, 0.15) is 27.2 Å². The Labute approximate surface area is 85.0 Å². The first-order chi connectivity index (χ1) is 6.47. The SMILES string of the molecule is COC(=O)C(C)CNC(=O)CC(C)C. The largest absolute Gasteiger partial charge is 0.469 e. The molecule has 14 heavy (non-hydrogen) atoms. The van der Waals surface area contributed by atoms with E-state index in [0.29, 0.717) is 18.9 Å². The van der Waals surface area contributed by atoms with Gasteiger partial charge in [-0.25, -0.2) is 0 Å². The number of amides is 1. The van der Waals surface area contributed by atoms with Gasteiger partial charge in [0.2, 0.25) is 5.91 Å². The van der Waals surface area contributed by atoms with Crippen LogP contribution in [0.3, 0.4) is 0 Å². The molecule has 4 nitrogen and oxygen atoms in total. The summed E-state index contributed by atoms with van der Waals surface area (Å²) in [5, 5.41) is 2.69. The quantitative estimate of drug-likeness (QED) is 0.674. The molecular formula is C10H19NO3. The van der Waals surface area contributed by atoms with Gasteiger partial charge in [-0.3, -0.25) is 9.59 Å². The molecule has 0 bridgehead atoms. The third-order valence-electron chi connectivity index (χ3n) is 1.80. The molecule has 0 rings (SSSR count). The lowest BCUT2D eigenvalue weighted by molar-refractivity contribution is -0.144. The number of ether oxygens (including phenoxy) is 1. The topological polar surface area (TPSA) is 55.4 Å². The molecule has 1 N–H and O–H groups in total. The molecule has 0 fully saturated rings. The molecule has 0 aromatic carbocycles. The third-order valence-corrected chi connectivity index (χ3v) is 1.80. The maximum Gasteiger partial charge on any atom is 0.310 e. The van der Waals surface area contributed by atoms with E-state index >= 15 is 0 Å². The van der Waals surface area contributed by atoms with Gasteiger partial charge in [-0.15, -0.1) is 0 Å². The highest BCUT2D eigenvalue weighted by Gasteiger charge is 2.14. The first-order valence-corrected chi connectivity index (χ1v) is 4.81. The molecule has 1 unspecified atom stereocenters. The molecule has 0 aromatic rings. The van der Waals surface area contributed by atoms with E-state index in [1.165, 1.54) is 7.11 Å². The lowest BCUT2D eigenvalue weighted by Gasteiger charge is -2.11. The van der Waals surface area contributed by atoms with Gasteiger partial charge in [0.25, 0.3) is 0 Å². The Morgan fingerprint density at radius 1 is 1.29 bits per heavy atom. The zero-order chi connectivity index (χ0) is 11.1. The number of hydrogen-bond donors (Lipinski definition) is 1. The van der Waals surface area contributed by atoms with Crippen molar-refractivity contribution in [3.63, 3.8) is 0 Å². The van der Waals surface area contributed by atoms with Gasteiger partial charge in [-0.1, -0.05) is 20.8 Å². The van der Waals surface area contributed by atoms with Crippen molar-refractivity contribution >= 4 is 11.9 Å². The molecule has 0 spiro atoms. The van der Waals surface area contributed by atoms with Crippen LogP contribution in [-0.4, -0.2) is 25.5 Å². The molecule has 1 amide bonds. The number of nitrogens with one attached hydrogen (secondary N) is 1. The van der Waals surface area contributed by atoms with Crippen LogP contribution in [0.4, 0.5) is 0 Å². The molecule has 0 aliphatic heterocycles. The van der Waals surface area contributed by atoms with Crippen LogP contribution in [0, 0.1) is 11.8 Å². The number of hydrogen-bond acceptors (Lipinski definition) is 3. The Morgan fingerprint density at radius 3 is 2.29 bits per heavy atom. The standard InChI is InChI=1S/C10H19NO3/c1-7(2)5-9(12)11-6-8(3)10(13)14-4/h7-8H,5-6H2,1-4H3,(H,11,12). The number of rotatable bonds is 5.